The highest BCUT2D eigenvalue weighted by atomic mass is 32.2. The minimum absolute atomic E-state index is 0.237. The summed E-state index contributed by atoms with van der Waals surface area (Å²) < 4.78 is 25.7. The second-order valence-corrected chi connectivity index (χ2v) is 5.32. The maximum atomic E-state index is 12.3. The Labute approximate surface area is 128 Å². The standard InChI is InChI=1S/C12H12N2O2S.2C2H6/c1-10-8-9-14(12(10)13-2)17(15,16)11-6-4-3-5-7-11;2*1-2/h3-9H,1H2,2H3;2*1-2H3. The molecule has 21 heavy (non-hydrogen) atoms. The Morgan fingerprint density at radius 1 is 1.05 bits per heavy atom. The van der Waals surface area contributed by atoms with Crippen molar-refractivity contribution in [2.24, 2.45) is 4.99 Å². The summed E-state index contributed by atoms with van der Waals surface area (Å²) in [5.74, 6) is 0.355. The lowest BCUT2D eigenvalue weighted by molar-refractivity contribution is 0.564. The van der Waals surface area contributed by atoms with Gasteiger partial charge in [-0.05, 0) is 18.2 Å². The number of rotatable bonds is 2. The molecule has 0 N–H and O–H groups in total. The van der Waals surface area contributed by atoms with Crippen LogP contribution < -0.4 is 0 Å². The molecular formula is C16H24N2O2S. The van der Waals surface area contributed by atoms with Gasteiger partial charge in [-0.3, -0.25) is 4.99 Å². The topological polar surface area (TPSA) is 49.7 Å². The largest absolute Gasteiger partial charge is 0.270 e. The third kappa shape index (κ3) is 4.29. The minimum atomic E-state index is -3.58. The molecule has 0 atom stereocenters. The first kappa shape index (κ1) is 19.1. The van der Waals surface area contributed by atoms with E-state index in [0.717, 1.165) is 4.31 Å². The van der Waals surface area contributed by atoms with E-state index in [2.05, 4.69) is 11.6 Å². The Morgan fingerprint density at radius 2 is 1.57 bits per heavy atom. The number of nitrogens with zero attached hydrogens (tertiary/aromatic N) is 2. The van der Waals surface area contributed by atoms with Crippen molar-refractivity contribution >= 4 is 15.9 Å². The summed E-state index contributed by atoms with van der Waals surface area (Å²) >= 11 is 0. The van der Waals surface area contributed by atoms with Crippen molar-refractivity contribution in [1.29, 1.82) is 0 Å². The van der Waals surface area contributed by atoms with E-state index in [-0.39, 0.29) is 4.90 Å². The fraction of sp³-hybridized carbons (Fsp3) is 0.312. The molecule has 0 bridgehead atoms. The lowest BCUT2D eigenvalue weighted by Gasteiger charge is -2.17. The van der Waals surface area contributed by atoms with Gasteiger partial charge < -0.3 is 0 Å². The van der Waals surface area contributed by atoms with Gasteiger partial charge in [0.2, 0.25) is 0 Å². The molecule has 1 aliphatic heterocycles. The van der Waals surface area contributed by atoms with Crippen molar-refractivity contribution in [3.63, 3.8) is 0 Å². The molecule has 0 aliphatic carbocycles. The maximum absolute atomic E-state index is 12.3. The second-order valence-electron chi connectivity index (χ2n) is 3.50. The lowest BCUT2D eigenvalue weighted by atomic mass is 10.3. The zero-order chi connectivity index (χ0) is 16.5. The molecule has 1 heterocycles. The van der Waals surface area contributed by atoms with Crippen LogP contribution in [0.25, 0.3) is 0 Å². The number of amidine groups is 1. The van der Waals surface area contributed by atoms with Crippen LogP contribution in [0.5, 0.6) is 0 Å². The van der Waals surface area contributed by atoms with Gasteiger partial charge in [0.05, 0.1) is 4.90 Å². The van der Waals surface area contributed by atoms with Gasteiger partial charge in [0, 0.05) is 18.8 Å². The van der Waals surface area contributed by atoms with E-state index < -0.39 is 10.0 Å². The van der Waals surface area contributed by atoms with E-state index in [0.29, 0.717) is 11.4 Å². The summed E-state index contributed by atoms with van der Waals surface area (Å²) in [5.41, 5.74) is 0.590. The molecule has 1 aromatic carbocycles. The number of benzene rings is 1. The van der Waals surface area contributed by atoms with Crippen LogP contribution in [0.4, 0.5) is 0 Å². The van der Waals surface area contributed by atoms with E-state index >= 15 is 0 Å². The molecule has 1 aliphatic rings. The van der Waals surface area contributed by atoms with Crippen LogP contribution in [-0.4, -0.2) is 25.6 Å². The van der Waals surface area contributed by atoms with Crippen molar-refractivity contribution < 1.29 is 8.42 Å². The Morgan fingerprint density at radius 3 is 2.05 bits per heavy atom. The van der Waals surface area contributed by atoms with Crippen molar-refractivity contribution in [3.05, 3.63) is 54.8 Å². The van der Waals surface area contributed by atoms with Gasteiger partial charge in [-0.2, -0.15) is 0 Å². The maximum Gasteiger partial charge on any atom is 0.269 e. The average Bonchev–Trinajstić information content (AvgIpc) is 2.93. The molecule has 0 saturated carbocycles. The molecule has 5 heteroatoms. The summed E-state index contributed by atoms with van der Waals surface area (Å²) in [6.07, 6.45) is 3.09. The monoisotopic (exact) mass is 308 g/mol. The zero-order valence-corrected chi connectivity index (χ0v) is 14.2. The third-order valence-electron chi connectivity index (χ3n) is 2.42. The van der Waals surface area contributed by atoms with Crippen molar-refractivity contribution in [2.45, 2.75) is 32.6 Å². The molecule has 0 aromatic heterocycles. The van der Waals surface area contributed by atoms with Gasteiger partial charge in [-0.15, -0.1) is 0 Å². The summed E-state index contributed by atoms with van der Waals surface area (Å²) in [7, 11) is -2.04. The van der Waals surface area contributed by atoms with Gasteiger partial charge in [0.1, 0.15) is 5.84 Å². The third-order valence-corrected chi connectivity index (χ3v) is 4.10. The predicted octanol–water partition coefficient (Wildman–Crippen LogP) is 3.84. The first-order valence-electron chi connectivity index (χ1n) is 7.01. The quantitative estimate of drug-likeness (QED) is 0.833. The smallest absolute Gasteiger partial charge is 0.269 e. The van der Waals surface area contributed by atoms with Gasteiger partial charge in [-0.25, -0.2) is 12.7 Å². The van der Waals surface area contributed by atoms with Crippen LogP contribution in [0.2, 0.25) is 0 Å². The van der Waals surface area contributed by atoms with Gasteiger partial charge >= 0.3 is 0 Å². The van der Waals surface area contributed by atoms with Crippen LogP contribution in [0.3, 0.4) is 0 Å². The predicted molar refractivity (Wildman–Crippen MR) is 89.8 cm³/mol. The van der Waals surface area contributed by atoms with Crippen molar-refractivity contribution in [3.8, 4) is 0 Å². The molecule has 0 fully saturated rings. The van der Waals surface area contributed by atoms with E-state index in [1.165, 1.54) is 6.20 Å². The van der Waals surface area contributed by atoms with Crippen LogP contribution >= 0.6 is 0 Å². The van der Waals surface area contributed by atoms with Crippen LogP contribution in [0.15, 0.2) is 64.6 Å². The van der Waals surface area contributed by atoms with E-state index in [4.69, 9.17) is 0 Å². The molecule has 0 radical (unpaired) electrons. The molecule has 0 amide bonds. The fourth-order valence-electron chi connectivity index (χ4n) is 1.59. The first-order chi connectivity index (χ1) is 10.1. The van der Waals surface area contributed by atoms with Gasteiger partial charge in [0.25, 0.3) is 10.0 Å². The van der Waals surface area contributed by atoms with Crippen LogP contribution in [-0.2, 0) is 10.0 Å². The Bertz CT molecular complexity index is 602. The Hall–Kier alpha value is -1.88. The van der Waals surface area contributed by atoms with E-state index in [1.54, 1.807) is 43.5 Å². The molecule has 1 aromatic rings. The molecule has 4 nitrogen and oxygen atoms in total. The van der Waals surface area contributed by atoms with E-state index in [9.17, 15) is 8.42 Å². The first-order valence-corrected chi connectivity index (χ1v) is 8.45. The van der Waals surface area contributed by atoms with Crippen LogP contribution in [0.1, 0.15) is 27.7 Å². The van der Waals surface area contributed by atoms with E-state index in [1.807, 2.05) is 27.7 Å². The second kappa shape index (κ2) is 9.13. The molecule has 116 valence electrons. The highest BCUT2D eigenvalue weighted by Crippen LogP contribution is 2.23. The summed E-state index contributed by atoms with van der Waals surface area (Å²) in [6, 6.07) is 8.25. The number of hydrogen-bond donors (Lipinski definition) is 0. The number of hydrogen-bond acceptors (Lipinski definition) is 3. The highest BCUT2D eigenvalue weighted by Gasteiger charge is 2.29. The fourth-order valence-corrected chi connectivity index (χ4v) is 2.96. The molecular weight excluding hydrogens is 284 g/mol. The molecule has 0 saturated heterocycles. The summed E-state index contributed by atoms with van der Waals surface area (Å²) in [4.78, 5) is 4.18. The Kier molecular flexibility index (Phi) is 8.31. The minimum Gasteiger partial charge on any atom is -0.270 e. The van der Waals surface area contributed by atoms with Crippen LogP contribution in [0, 0.1) is 0 Å². The normalized spacial score (nSPS) is 15.2. The molecule has 0 spiro atoms. The SMILES string of the molecule is C=C1C=CN(S(=O)(=O)c2ccccc2)C1=NC.CC.CC. The van der Waals surface area contributed by atoms with Gasteiger partial charge in [0.15, 0.2) is 0 Å². The highest BCUT2D eigenvalue weighted by molar-refractivity contribution is 7.89. The summed E-state index contributed by atoms with van der Waals surface area (Å²) in [5, 5.41) is 0. The Balaban J connectivity index is 0.000000921. The van der Waals surface area contributed by atoms with Crippen molar-refractivity contribution in [1.82, 2.24) is 4.31 Å². The number of aliphatic imine (C=N–C) groups is 1. The van der Waals surface area contributed by atoms with Gasteiger partial charge in [-0.1, -0.05) is 52.5 Å². The molecule has 2 rings (SSSR count). The lowest BCUT2D eigenvalue weighted by Crippen LogP contribution is -2.29. The summed E-state index contributed by atoms with van der Waals surface area (Å²) in [6.45, 7) is 11.7. The molecule has 0 unspecified atom stereocenters. The average molecular weight is 308 g/mol. The number of sulfonamides is 1. The zero-order valence-electron chi connectivity index (χ0n) is 13.4. The van der Waals surface area contributed by atoms with Crippen molar-refractivity contribution in [2.75, 3.05) is 7.05 Å².